The number of aromatic nitrogens is 7. The van der Waals surface area contributed by atoms with Gasteiger partial charge in [-0.05, 0) is 36.4 Å². The van der Waals surface area contributed by atoms with Gasteiger partial charge in [-0.1, -0.05) is 17.7 Å². The molecule has 4 rings (SSSR count). The van der Waals surface area contributed by atoms with Gasteiger partial charge in [0.1, 0.15) is 6.54 Å². The van der Waals surface area contributed by atoms with E-state index in [1.165, 1.54) is 30.5 Å². The SMILES string of the molecule is COC(=O)c1nc(Cn2nc(-c3ccc(Cl)cc3)n(CC(O)C(F)(F)F)c2=O)nn1-c1ccccn1. The van der Waals surface area contributed by atoms with Gasteiger partial charge in [0.2, 0.25) is 5.82 Å². The molecule has 15 heteroatoms. The molecule has 0 amide bonds. The lowest BCUT2D eigenvalue weighted by Crippen LogP contribution is -2.37. The maximum Gasteiger partial charge on any atom is 0.416 e. The molecule has 0 saturated carbocycles. The Morgan fingerprint density at radius 2 is 1.89 bits per heavy atom. The maximum atomic E-state index is 13.0. The van der Waals surface area contributed by atoms with Crippen LogP contribution >= 0.6 is 11.6 Å². The van der Waals surface area contributed by atoms with Gasteiger partial charge in [-0.15, -0.1) is 10.2 Å². The largest absolute Gasteiger partial charge is 0.463 e. The van der Waals surface area contributed by atoms with E-state index in [0.717, 1.165) is 16.5 Å². The number of hydrogen-bond acceptors (Lipinski definition) is 8. The van der Waals surface area contributed by atoms with Gasteiger partial charge >= 0.3 is 17.8 Å². The first-order chi connectivity index (χ1) is 17.1. The predicted molar refractivity (Wildman–Crippen MR) is 119 cm³/mol. The Morgan fingerprint density at radius 3 is 2.50 bits per heavy atom. The smallest absolute Gasteiger partial charge is 0.416 e. The summed E-state index contributed by atoms with van der Waals surface area (Å²) in [4.78, 5) is 33.5. The number of esters is 1. The lowest BCUT2D eigenvalue weighted by Gasteiger charge is -2.15. The van der Waals surface area contributed by atoms with Crippen molar-refractivity contribution in [2.24, 2.45) is 0 Å². The van der Waals surface area contributed by atoms with Gasteiger partial charge in [-0.25, -0.2) is 24.2 Å². The molecule has 1 N–H and O–H groups in total. The molecule has 0 spiro atoms. The second-order valence-corrected chi connectivity index (χ2v) is 7.82. The molecule has 4 aromatic rings. The predicted octanol–water partition coefficient (Wildman–Crippen LogP) is 2.10. The van der Waals surface area contributed by atoms with Crippen LogP contribution in [-0.4, -0.2) is 64.6 Å². The molecule has 0 bridgehead atoms. The van der Waals surface area contributed by atoms with Crippen molar-refractivity contribution in [3.8, 4) is 17.2 Å². The van der Waals surface area contributed by atoms with E-state index in [-0.39, 0.29) is 28.9 Å². The Kier molecular flexibility index (Phi) is 6.90. The van der Waals surface area contributed by atoms with Gasteiger partial charge in [0, 0.05) is 16.8 Å². The summed E-state index contributed by atoms with van der Waals surface area (Å²) in [7, 11) is 1.15. The highest BCUT2D eigenvalue weighted by Gasteiger charge is 2.39. The topological polar surface area (TPSA) is 130 Å². The van der Waals surface area contributed by atoms with Gasteiger partial charge in [0.25, 0.3) is 0 Å². The molecule has 11 nitrogen and oxygen atoms in total. The summed E-state index contributed by atoms with van der Waals surface area (Å²) in [5, 5.41) is 18.3. The van der Waals surface area contributed by atoms with Crippen molar-refractivity contribution >= 4 is 17.6 Å². The van der Waals surface area contributed by atoms with Crippen LogP contribution in [0.1, 0.15) is 16.4 Å². The van der Waals surface area contributed by atoms with Crippen LogP contribution < -0.4 is 5.69 Å². The standard InChI is InChI=1S/C21H17ClF3N7O4/c1-36-19(34)18-27-15(28-32(18)16-4-2-3-9-26-16)11-31-20(35)30(10-14(33)21(23,24)25)17(29-31)12-5-7-13(22)8-6-12/h2-9,14,33H,10-11H2,1H3. The summed E-state index contributed by atoms with van der Waals surface area (Å²) in [6.07, 6.45) is -6.31. The van der Waals surface area contributed by atoms with Gasteiger partial charge in [-0.3, -0.25) is 4.57 Å². The van der Waals surface area contributed by atoms with E-state index in [2.05, 4.69) is 20.2 Å². The Labute approximate surface area is 205 Å². The second-order valence-electron chi connectivity index (χ2n) is 7.38. The molecule has 1 atom stereocenters. The van der Waals surface area contributed by atoms with Crippen LogP contribution in [0.3, 0.4) is 0 Å². The number of aliphatic hydroxyl groups is 1. The highest BCUT2D eigenvalue weighted by atomic mass is 35.5. The number of halogens is 4. The minimum Gasteiger partial charge on any atom is -0.463 e. The third kappa shape index (κ3) is 5.13. The molecule has 36 heavy (non-hydrogen) atoms. The van der Waals surface area contributed by atoms with Crippen molar-refractivity contribution in [2.45, 2.75) is 25.4 Å². The van der Waals surface area contributed by atoms with E-state index in [0.29, 0.717) is 9.59 Å². The molecule has 0 aliphatic rings. The Hall–Kier alpha value is -4.04. The number of carbonyl (C=O) groups is 1. The summed E-state index contributed by atoms with van der Waals surface area (Å²) >= 11 is 5.89. The minimum absolute atomic E-state index is 0.0631. The first kappa shape index (κ1) is 25.1. The van der Waals surface area contributed by atoms with Crippen LogP contribution in [0.5, 0.6) is 0 Å². The van der Waals surface area contributed by atoms with Gasteiger partial charge in [0.05, 0.1) is 13.7 Å². The van der Waals surface area contributed by atoms with Crippen molar-refractivity contribution < 1.29 is 27.8 Å². The molecule has 1 unspecified atom stereocenters. The third-order valence-electron chi connectivity index (χ3n) is 4.94. The lowest BCUT2D eigenvalue weighted by atomic mass is 10.2. The molecule has 188 valence electrons. The Morgan fingerprint density at radius 1 is 1.17 bits per heavy atom. The summed E-state index contributed by atoms with van der Waals surface area (Å²) in [5.41, 5.74) is -0.677. The minimum atomic E-state index is -4.96. The van der Waals surface area contributed by atoms with Crippen LogP contribution in [0.15, 0.2) is 53.5 Å². The fraction of sp³-hybridized carbons (Fsp3) is 0.238. The summed E-state index contributed by atoms with van der Waals surface area (Å²) in [6.45, 7) is -1.50. The monoisotopic (exact) mass is 523 g/mol. The number of alkyl halides is 3. The lowest BCUT2D eigenvalue weighted by molar-refractivity contribution is -0.207. The zero-order chi connectivity index (χ0) is 26.0. The summed E-state index contributed by atoms with van der Waals surface area (Å²) < 4.78 is 46.5. The quantitative estimate of drug-likeness (QED) is 0.365. The fourth-order valence-corrected chi connectivity index (χ4v) is 3.34. The zero-order valence-electron chi connectivity index (χ0n) is 18.4. The average Bonchev–Trinajstić information content (AvgIpc) is 3.41. The van der Waals surface area contributed by atoms with E-state index in [1.54, 1.807) is 18.2 Å². The molecule has 0 saturated heterocycles. The molecule has 1 aromatic carbocycles. The first-order valence-electron chi connectivity index (χ1n) is 10.2. The molecule has 0 fully saturated rings. The van der Waals surface area contributed by atoms with E-state index >= 15 is 0 Å². The molecule has 0 aliphatic heterocycles. The molecular weight excluding hydrogens is 507 g/mol. The van der Waals surface area contributed by atoms with Crippen molar-refractivity contribution in [3.05, 3.63) is 75.8 Å². The van der Waals surface area contributed by atoms with Crippen molar-refractivity contribution in [1.82, 2.24) is 34.1 Å². The Bertz CT molecular complexity index is 1430. The second kappa shape index (κ2) is 9.91. The van der Waals surface area contributed by atoms with E-state index in [9.17, 15) is 27.9 Å². The van der Waals surface area contributed by atoms with Crippen molar-refractivity contribution in [3.63, 3.8) is 0 Å². The number of carbonyl (C=O) groups excluding carboxylic acids is 1. The zero-order valence-corrected chi connectivity index (χ0v) is 19.2. The average molecular weight is 524 g/mol. The van der Waals surface area contributed by atoms with Crippen molar-refractivity contribution in [1.29, 1.82) is 0 Å². The summed E-state index contributed by atoms with van der Waals surface area (Å²) in [5.74, 6) is -1.02. The third-order valence-corrected chi connectivity index (χ3v) is 5.19. The van der Waals surface area contributed by atoms with Gasteiger partial charge in [-0.2, -0.15) is 17.9 Å². The van der Waals surface area contributed by atoms with Crippen LogP contribution in [-0.2, 0) is 17.8 Å². The highest BCUT2D eigenvalue weighted by molar-refractivity contribution is 6.30. The number of pyridine rings is 1. The number of nitrogens with zero attached hydrogens (tertiary/aromatic N) is 7. The molecular formula is C21H17ClF3N7O4. The fourth-order valence-electron chi connectivity index (χ4n) is 3.22. The van der Waals surface area contributed by atoms with E-state index in [4.69, 9.17) is 16.3 Å². The van der Waals surface area contributed by atoms with Crippen LogP contribution in [0.25, 0.3) is 17.2 Å². The van der Waals surface area contributed by atoms with Gasteiger partial charge < -0.3 is 9.84 Å². The molecule has 3 heterocycles. The van der Waals surface area contributed by atoms with Crippen LogP contribution in [0.4, 0.5) is 13.2 Å². The number of ether oxygens (including phenoxy) is 1. The number of methoxy groups -OCH3 is 1. The normalized spacial score (nSPS) is 12.5. The first-order valence-corrected chi connectivity index (χ1v) is 10.6. The van der Waals surface area contributed by atoms with Crippen LogP contribution in [0.2, 0.25) is 5.02 Å². The van der Waals surface area contributed by atoms with E-state index in [1.807, 2.05) is 0 Å². The number of benzene rings is 1. The number of hydrogen-bond donors (Lipinski definition) is 1. The van der Waals surface area contributed by atoms with Crippen molar-refractivity contribution in [2.75, 3.05) is 7.11 Å². The molecule has 3 aromatic heterocycles. The summed E-state index contributed by atoms with van der Waals surface area (Å²) in [6, 6.07) is 10.7. The number of aliphatic hydroxyl groups excluding tert-OH is 1. The van der Waals surface area contributed by atoms with Gasteiger partial charge in [0.15, 0.2) is 23.6 Å². The maximum absolute atomic E-state index is 13.0. The number of rotatable bonds is 7. The highest BCUT2D eigenvalue weighted by Crippen LogP contribution is 2.24. The molecule has 0 radical (unpaired) electrons. The Balaban J connectivity index is 1.77. The van der Waals surface area contributed by atoms with E-state index < -0.39 is 37.0 Å². The molecule has 0 aliphatic carbocycles. The van der Waals surface area contributed by atoms with Crippen LogP contribution in [0, 0.1) is 0 Å².